The van der Waals surface area contributed by atoms with E-state index in [-0.39, 0.29) is 6.04 Å². The number of halogens is 1. The highest BCUT2D eigenvalue weighted by atomic mass is 19.1. The van der Waals surface area contributed by atoms with Crippen molar-refractivity contribution in [3.63, 3.8) is 0 Å². The number of hydrogen-bond donors (Lipinski definition) is 2. The molecule has 6 rings (SSSR count). The van der Waals surface area contributed by atoms with E-state index in [1.54, 1.807) is 10.7 Å². The summed E-state index contributed by atoms with van der Waals surface area (Å²) >= 11 is 0. The van der Waals surface area contributed by atoms with Gasteiger partial charge in [0.2, 0.25) is 5.95 Å². The molecule has 3 aliphatic rings. The van der Waals surface area contributed by atoms with Crippen LogP contribution in [0.1, 0.15) is 36.2 Å². The third-order valence-corrected chi connectivity index (χ3v) is 7.01. The Morgan fingerprint density at radius 2 is 2.09 bits per heavy atom. The van der Waals surface area contributed by atoms with E-state index in [2.05, 4.69) is 26.7 Å². The van der Waals surface area contributed by atoms with E-state index >= 15 is 4.39 Å². The fourth-order valence-electron chi connectivity index (χ4n) is 5.05. The Labute approximate surface area is 197 Å². The first-order valence-electron chi connectivity index (χ1n) is 12.0. The van der Waals surface area contributed by atoms with Crippen LogP contribution in [0.4, 0.5) is 16.2 Å². The lowest BCUT2D eigenvalue weighted by Gasteiger charge is -2.42. The Balaban J connectivity index is 1.28. The van der Waals surface area contributed by atoms with Crippen LogP contribution in [0.2, 0.25) is 0 Å². The van der Waals surface area contributed by atoms with Crippen LogP contribution in [0, 0.1) is 0 Å². The summed E-state index contributed by atoms with van der Waals surface area (Å²) in [5, 5.41) is 10.8. The van der Waals surface area contributed by atoms with Crippen molar-refractivity contribution in [3.05, 3.63) is 47.6 Å². The van der Waals surface area contributed by atoms with Gasteiger partial charge in [0.05, 0.1) is 42.9 Å². The number of aromatic nitrogens is 5. The molecule has 0 unspecified atom stereocenters. The molecular weight excluding hydrogens is 435 g/mol. The largest absolute Gasteiger partial charge is 0.378 e. The minimum atomic E-state index is -0.975. The second kappa shape index (κ2) is 8.92. The van der Waals surface area contributed by atoms with Gasteiger partial charge in [0.25, 0.3) is 0 Å². The zero-order valence-corrected chi connectivity index (χ0v) is 19.2. The summed E-state index contributed by atoms with van der Waals surface area (Å²) in [5.74, 6) is 1.21. The van der Waals surface area contributed by atoms with E-state index in [1.807, 2.05) is 25.4 Å². The fourth-order valence-corrected chi connectivity index (χ4v) is 5.05. The van der Waals surface area contributed by atoms with Crippen LogP contribution in [0.25, 0.3) is 11.2 Å². The van der Waals surface area contributed by atoms with Crippen molar-refractivity contribution in [2.45, 2.75) is 43.9 Å². The average molecular weight is 465 g/mol. The van der Waals surface area contributed by atoms with Gasteiger partial charge in [-0.15, -0.1) is 0 Å². The van der Waals surface area contributed by atoms with Crippen molar-refractivity contribution in [3.8, 4) is 0 Å². The third-order valence-electron chi connectivity index (χ3n) is 7.01. The number of likely N-dealkylation sites (tertiary alicyclic amines) is 1. The van der Waals surface area contributed by atoms with Crippen molar-refractivity contribution in [2.24, 2.45) is 0 Å². The van der Waals surface area contributed by atoms with Crippen LogP contribution < -0.4 is 10.6 Å². The molecule has 0 aromatic carbocycles. The molecule has 10 heteroatoms. The Kier molecular flexibility index (Phi) is 5.62. The molecular formula is C24H29FN8O. The lowest BCUT2D eigenvalue weighted by Crippen LogP contribution is -2.57. The highest BCUT2D eigenvalue weighted by molar-refractivity contribution is 5.86. The maximum atomic E-state index is 15.0. The van der Waals surface area contributed by atoms with Crippen molar-refractivity contribution < 1.29 is 9.13 Å². The van der Waals surface area contributed by atoms with Gasteiger partial charge in [-0.25, -0.2) is 18.9 Å². The quantitative estimate of drug-likeness (QED) is 0.595. The number of nitrogens with one attached hydrogen (secondary N) is 2. The Morgan fingerprint density at radius 1 is 1.18 bits per heavy atom. The standard InChI is InChI=1S/C24H29FN8O/c1-26-23-22-16(18-8-11-33-21(28-18)6-9-27-33)4-2-3-5-20(22)30-24(31-23)29-19-7-10-32(12-17(19)25)15-13-34-14-15/h4,6,8-9,11,15,17,19H,2-3,5,7,10,12-14H2,1H3,(H2,26,29,30,31)/t17-,19+/m1/s1. The van der Waals surface area contributed by atoms with Gasteiger partial charge in [-0.1, -0.05) is 6.08 Å². The van der Waals surface area contributed by atoms with E-state index in [4.69, 9.17) is 19.7 Å². The molecule has 3 aromatic rings. The Bertz CT molecular complexity index is 1220. The molecule has 0 bridgehead atoms. The molecule has 2 fully saturated rings. The van der Waals surface area contributed by atoms with Crippen LogP contribution in [-0.2, 0) is 11.2 Å². The number of piperidine rings is 1. The molecule has 2 N–H and O–H groups in total. The monoisotopic (exact) mass is 464 g/mol. The Hall–Kier alpha value is -3.11. The highest BCUT2D eigenvalue weighted by Gasteiger charge is 2.36. The van der Waals surface area contributed by atoms with Gasteiger partial charge in [0.1, 0.15) is 12.0 Å². The van der Waals surface area contributed by atoms with Crippen LogP contribution in [0.5, 0.6) is 0 Å². The van der Waals surface area contributed by atoms with E-state index in [0.717, 1.165) is 59.8 Å². The number of aryl methyl sites for hydroxylation is 1. The lowest BCUT2D eigenvalue weighted by atomic mass is 10.00. The van der Waals surface area contributed by atoms with Crippen LogP contribution in [0.3, 0.4) is 0 Å². The van der Waals surface area contributed by atoms with Gasteiger partial charge in [-0.2, -0.15) is 10.1 Å². The van der Waals surface area contributed by atoms with E-state index in [9.17, 15) is 0 Å². The molecule has 2 aliphatic heterocycles. The van der Waals surface area contributed by atoms with Crippen molar-refractivity contribution >= 4 is 23.0 Å². The molecule has 3 aromatic heterocycles. The summed E-state index contributed by atoms with van der Waals surface area (Å²) in [4.78, 5) is 16.6. The minimum absolute atomic E-state index is 0.299. The van der Waals surface area contributed by atoms with Crippen LogP contribution in [-0.4, -0.2) is 81.1 Å². The van der Waals surface area contributed by atoms with E-state index in [1.165, 1.54) is 0 Å². The van der Waals surface area contributed by atoms with Gasteiger partial charge < -0.3 is 15.4 Å². The number of alkyl halides is 1. The van der Waals surface area contributed by atoms with Gasteiger partial charge >= 0.3 is 0 Å². The number of fused-ring (bicyclic) bond motifs is 2. The van der Waals surface area contributed by atoms with Crippen molar-refractivity contribution in [1.29, 1.82) is 0 Å². The summed E-state index contributed by atoms with van der Waals surface area (Å²) < 4.78 is 22.1. The first-order chi connectivity index (χ1) is 16.7. The summed E-state index contributed by atoms with van der Waals surface area (Å²) in [7, 11) is 1.86. The van der Waals surface area contributed by atoms with E-state index < -0.39 is 6.17 Å². The maximum absolute atomic E-state index is 15.0. The molecule has 2 atom stereocenters. The normalized spacial score (nSPS) is 23.6. The molecule has 34 heavy (non-hydrogen) atoms. The van der Waals surface area contributed by atoms with E-state index in [0.29, 0.717) is 38.2 Å². The molecule has 0 amide bonds. The molecule has 0 radical (unpaired) electrons. The number of ether oxygens (including phenoxy) is 1. The fraction of sp³-hybridized carbons (Fsp3) is 0.500. The molecule has 5 heterocycles. The molecule has 0 spiro atoms. The lowest BCUT2D eigenvalue weighted by molar-refractivity contribution is -0.0794. The van der Waals surface area contributed by atoms with Crippen molar-refractivity contribution in [2.75, 3.05) is 44.0 Å². The molecule has 2 saturated heterocycles. The van der Waals surface area contributed by atoms with Crippen LogP contribution in [0.15, 0.2) is 30.6 Å². The third kappa shape index (κ3) is 3.90. The number of nitrogens with zero attached hydrogens (tertiary/aromatic N) is 6. The second-order valence-corrected chi connectivity index (χ2v) is 9.17. The SMILES string of the molecule is CNc1nc(N[C@H]2CCN(C3COC3)C[C@H]2F)nc2c1C(c1ccn3nccc3n1)=CCCC2. The summed E-state index contributed by atoms with van der Waals surface area (Å²) in [6.45, 7) is 2.70. The highest BCUT2D eigenvalue weighted by Crippen LogP contribution is 2.35. The predicted octanol–water partition coefficient (Wildman–Crippen LogP) is 2.55. The minimum Gasteiger partial charge on any atom is -0.378 e. The molecule has 0 saturated carbocycles. The van der Waals surface area contributed by atoms with Gasteiger partial charge in [-0.3, -0.25) is 4.90 Å². The number of allylic oxidation sites excluding steroid dienone is 1. The number of anilines is 2. The average Bonchev–Trinajstić information content (AvgIpc) is 3.17. The second-order valence-electron chi connectivity index (χ2n) is 9.17. The van der Waals surface area contributed by atoms with Gasteiger partial charge in [-0.05, 0) is 31.7 Å². The van der Waals surface area contributed by atoms with Crippen LogP contribution >= 0.6 is 0 Å². The zero-order chi connectivity index (χ0) is 23.1. The molecule has 9 nitrogen and oxygen atoms in total. The summed E-state index contributed by atoms with van der Waals surface area (Å²) in [6, 6.07) is 3.92. The van der Waals surface area contributed by atoms with Gasteiger partial charge in [0.15, 0.2) is 5.65 Å². The summed E-state index contributed by atoms with van der Waals surface area (Å²) in [5.41, 5.74) is 4.61. The first kappa shape index (κ1) is 21.4. The predicted molar refractivity (Wildman–Crippen MR) is 128 cm³/mol. The number of hydrogen-bond acceptors (Lipinski definition) is 8. The number of rotatable bonds is 5. The Morgan fingerprint density at radius 3 is 2.88 bits per heavy atom. The topological polar surface area (TPSA) is 92.5 Å². The molecule has 1 aliphatic carbocycles. The van der Waals surface area contributed by atoms with Gasteiger partial charge in [0, 0.05) is 43.5 Å². The molecule has 178 valence electrons. The summed E-state index contributed by atoms with van der Waals surface area (Å²) in [6.07, 6.45) is 8.36. The van der Waals surface area contributed by atoms with Crippen molar-refractivity contribution in [1.82, 2.24) is 29.5 Å². The zero-order valence-electron chi connectivity index (χ0n) is 19.2. The first-order valence-corrected chi connectivity index (χ1v) is 12.0. The maximum Gasteiger partial charge on any atom is 0.225 e. The smallest absolute Gasteiger partial charge is 0.225 e.